The monoisotopic (exact) mass is 376 g/mol. The SMILES string of the molecule is BC(B)(B)OC1(C)CCN(c2c(C#N)c(=O)[nH]c3cnc(C(C)=O)cc23)CC1. The molecule has 0 saturated carbocycles. The summed E-state index contributed by atoms with van der Waals surface area (Å²) in [6.07, 6.45) is 3.02. The van der Waals surface area contributed by atoms with Gasteiger partial charge in [-0.3, -0.25) is 14.6 Å². The van der Waals surface area contributed by atoms with E-state index in [1.807, 2.05) is 34.5 Å². The van der Waals surface area contributed by atoms with Crippen LogP contribution in [0, 0.1) is 11.3 Å². The molecule has 0 aliphatic carbocycles. The number of ketones is 1. The van der Waals surface area contributed by atoms with E-state index < -0.39 is 5.56 Å². The molecule has 7 nitrogen and oxygen atoms in total. The summed E-state index contributed by atoms with van der Waals surface area (Å²) in [4.78, 5) is 33.1. The van der Waals surface area contributed by atoms with E-state index in [0.717, 1.165) is 12.8 Å². The zero-order chi connectivity index (χ0) is 20.7. The van der Waals surface area contributed by atoms with Crippen LogP contribution in [0.15, 0.2) is 17.1 Å². The number of ether oxygens (including phenoxy) is 1. The highest BCUT2D eigenvalue weighted by Crippen LogP contribution is 2.34. The Bertz CT molecular complexity index is 1030. The molecule has 1 aliphatic heterocycles. The van der Waals surface area contributed by atoms with Crippen LogP contribution in [0.5, 0.6) is 0 Å². The van der Waals surface area contributed by atoms with Crippen LogP contribution in [0.3, 0.4) is 0 Å². The zero-order valence-corrected chi connectivity index (χ0v) is 17.0. The number of H-pyrrole nitrogens is 1. The van der Waals surface area contributed by atoms with Crippen molar-refractivity contribution in [1.82, 2.24) is 9.97 Å². The number of rotatable bonds is 4. The largest absolute Gasteiger partial charge is 0.394 e. The van der Waals surface area contributed by atoms with Crippen LogP contribution >= 0.6 is 0 Å². The van der Waals surface area contributed by atoms with Gasteiger partial charge in [0.05, 0.1) is 23.0 Å². The Morgan fingerprint density at radius 3 is 2.57 bits per heavy atom. The van der Waals surface area contributed by atoms with Crippen LogP contribution in [-0.4, -0.2) is 63.3 Å². The molecular formula is C18H23B3N4O3. The predicted molar refractivity (Wildman–Crippen MR) is 116 cm³/mol. The maximum absolute atomic E-state index is 12.4. The lowest BCUT2D eigenvalue weighted by molar-refractivity contribution is -0.0541. The Labute approximate surface area is 166 Å². The lowest BCUT2D eigenvalue weighted by Crippen LogP contribution is -2.51. The fourth-order valence-electron chi connectivity index (χ4n) is 3.85. The molecule has 1 aliphatic rings. The Kier molecular flexibility index (Phi) is 5.15. The predicted octanol–water partition coefficient (Wildman–Crippen LogP) is -1.12. The highest BCUT2D eigenvalue weighted by molar-refractivity contribution is 6.58. The highest BCUT2D eigenvalue weighted by Gasteiger charge is 2.35. The number of nitriles is 1. The van der Waals surface area contributed by atoms with Gasteiger partial charge >= 0.3 is 0 Å². The zero-order valence-electron chi connectivity index (χ0n) is 17.0. The number of carbonyl (C=O) groups excluding carboxylic acids is 1. The summed E-state index contributed by atoms with van der Waals surface area (Å²) in [5.74, 6) is -0.164. The molecule has 1 fully saturated rings. The molecule has 0 radical (unpaired) electrons. The van der Waals surface area contributed by atoms with E-state index in [1.165, 1.54) is 13.1 Å². The van der Waals surface area contributed by atoms with Crippen LogP contribution in [0.25, 0.3) is 10.9 Å². The molecule has 2 aromatic heterocycles. The normalized spacial score (nSPS) is 16.7. The van der Waals surface area contributed by atoms with Gasteiger partial charge in [-0.25, -0.2) is 0 Å². The first-order valence-electron chi connectivity index (χ1n) is 9.45. The van der Waals surface area contributed by atoms with Crippen LogP contribution in [0.4, 0.5) is 5.69 Å². The molecule has 0 spiro atoms. The average Bonchev–Trinajstić information content (AvgIpc) is 2.59. The molecule has 3 heterocycles. The van der Waals surface area contributed by atoms with Crippen LogP contribution < -0.4 is 10.5 Å². The summed E-state index contributed by atoms with van der Waals surface area (Å²) in [6.45, 7) is 4.85. The van der Waals surface area contributed by atoms with Crippen LogP contribution in [0.1, 0.15) is 42.7 Å². The van der Waals surface area contributed by atoms with Gasteiger partial charge in [-0.1, -0.05) is 0 Å². The first-order valence-corrected chi connectivity index (χ1v) is 9.45. The van der Waals surface area contributed by atoms with Gasteiger partial charge in [0.1, 0.15) is 40.9 Å². The molecule has 2 aromatic rings. The topological polar surface area (TPSA) is 99.1 Å². The quantitative estimate of drug-likeness (QED) is 0.537. The van der Waals surface area contributed by atoms with E-state index in [9.17, 15) is 14.9 Å². The number of aromatic nitrogens is 2. The first-order chi connectivity index (χ1) is 13.0. The van der Waals surface area contributed by atoms with Crippen molar-refractivity contribution in [3.05, 3.63) is 33.9 Å². The molecule has 10 heteroatoms. The van der Waals surface area contributed by atoms with Gasteiger partial charge in [0.15, 0.2) is 5.78 Å². The lowest BCUT2D eigenvalue weighted by Gasteiger charge is -2.44. The summed E-state index contributed by atoms with van der Waals surface area (Å²) < 4.78 is 6.25. The molecule has 0 atom stereocenters. The molecule has 1 N–H and O–H groups in total. The minimum absolute atomic E-state index is 0.0635. The Balaban J connectivity index is 2.05. The van der Waals surface area contributed by atoms with Gasteiger partial charge in [0.25, 0.3) is 5.56 Å². The Morgan fingerprint density at radius 1 is 1.39 bits per heavy atom. The number of nitrogens with zero attached hydrogens (tertiary/aromatic N) is 3. The van der Waals surface area contributed by atoms with Crippen molar-refractivity contribution >= 4 is 45.9 Å². The maximum atomic E-state index is 12.4. The second-order valence-electron chi connectivity index (χ2n) is 8.61. The number of hydrogen-bond acceptors (Lipinski definition) is 6. The molecule has 1 saturated heterocycles. The van der Waals surface area contributed by atoms with E-state index in [4.69, 9.17) is 4.74 Å². The van der Waals surface area contributed by atoms with Gasteiger partial charge in [-0.05, 0) is 31.1 Å². The molecular weight excluding hydrogens is 353 g/mol. The third-order valence-electron chi connectivity index (χ3n) is 5.03. The average molecular weight is 376 g/mol. The molecule has 0 aromatic carbocycles. The summed E-state index contributed by atoms with van der Waals surface area (Å²) in [5, 5.41) is 10.0. The van der Waals surface area contributed by atoms with Crippen molar-refractivity contribution in [2.24, 2.45) is 0 Å². The van der Waals surface area contributed by atoms with Gasteiger partial charge in [-0.2, -0.15) is 5.26 Å². The number of pyridine rings is 2. The summed E-state index contributed by atoms with van der Waals surface area (Å²) in [5.41, 5.74) is 0.759. The van der Waals surface area contributed by atoms with E-state index >= 15 is 0 Å². The third kappa shape index (κ3) is 4.00. The number of nitrogens with one attached hydrogen (secondary N) is 1. The second-order valence-corrected chi connectivity index (χ2v) is 8.61. The van der Waals surface area contributed by atoms with Crippen LogP contribution in [0.2, 0.25) is 0 Å². The minimum Gasteiger partial charge on any atom is -0.394 e. The van der Waals surface area contributed by atoms with Crippen molar-refractivity contribution in [3.8, 4) is 6.07 Å². The number of fused-ring (bicyclic) bond motifs is 1. The van der Waals surface area contributed by atoms with E-state index in [2.05, 4.69) is 16.9 Å². The van der Waals surface area contributed by atoms with Gasteiger partial charge < -0.3 is 14.6 Å². The smallest absolute Gasteiger partial charge is 0.268 e. The minimum atomic E-state index is -0.443. The first kappa shape index (κ1) is 20.2. The third-order valence-corrected chi connectivity index (χ3v) is 5.03. The van der Waals surface area contributed by atoms with Crippen molar-refractivity contribution in [1.29, 1.82) is 5.26 Å². The van der Waals surface area contributed by atoms with E-state index in [-0.39, 0.29) is 22.2 Å². The Hall–Kier alpha value is -2.53. The molecule has 0 unspecified atom stereocenters. The van der Waals surface area contributed by atoms with Crippen molar-refractivity contribution in [3.63, 3.8) is 0 Å². The molecule has 142 valence electrons. The van der Waals surface area contributed by atoms with Crippen molar-refractivity contribution in [2.75, 3.05) is 18.0 Å². The summed E-state index contributed by atoms with van der Waals surface area (Å²) in [6, 6.07) is 3.69. The highest BCUT2D eigenvalue weighted by atomic mass is 16.5. The summed E-state index contributed by atoms with van der Waals surface area (Å²) >= 11 is 0. The molecule has 28 heavy (non-hydrogen) atoms. The van der Waals surface area contributed by atoms with Crippen LogP contribution in [-0.2, 0) is 4.74 Å². The molecule has 3 rings (SSSR count). The maximum Gasteiger partial charge on any atom is 0.268 e. The number of piperidine rings is 1. The fourth-order valence-corrected chi connectivity index (χ4v) is 3.85. The summed E-state index contributed by atoms with van der Waals surface area (Å²) in [7, 11) is 6.12. The fraction of sp³-hybridized carbons (Fsp3) is 0.444. The number of anilines is 1. The molecule has 0 bridgehead atoms. The number of carbonyl (C=O) groups is 1. The van der Waals surface area contributed by atoms with Gasteiger partial charge in [-0.15, -0.1) is 0 Å². The number of aromatic amines is 1. The standard InChI is InChI=1S/C18H23B3N4O3/c1-10(26)13-7-11-14(9-23-13)24-16(27)12(8-22)15(11)25-5-3-17(2,4-6-25)28-18(19,20)21/h7,9H,3-6,19-21H2,1-2H3,(H,24,27). The van der Waals surface area contributed by atoms with Crippen molar-refractivity contribution < 1.29 is 9.53 Å². The van der Waals surface area contributed by atoms with Gasteiger partial charge in [0, 0.05) is 25.4 Å². The lowest BCUT2D eigenvalue weighted by atomic mass is 9.52. The van der Waals surface area contributed by atoms with E-state index in [1.54, 1.807) is 6.07 Å². The number of Topliss-reactive ketones (excluding diaryl/α,β-unsaturated/α-hetero) is 1. The van der Waals surface area contributed by atoms with Gasteiger partial charge in [0.2, 0.25) is 0 Å². The Morgan fingerprint density at radius 2 is 2.04 bits per heavy atom. The van der Waals surface area contributed by atoms with Crippen molar-refractivity contribution in [2.45, 2.75) is 37.6 Å². The number of hydrogen-bond donors (Lipinski definition) is 1. The molecule has 0 amide bonds. The van der Waals surface area contributed by atoms with E-state index in [0.29, 0.717) is 35.4 Å². The second kappa shape index (κ2) is 7.14.